The van der Waals surface area contributed by atoms with Gasteiger partial charge in [-0.2, -0.15) is 4.98 Å². The SMILES string of the molecule is CS(=O)(=O)C1(c2ccc(-c3noc(Cc4ccoc4)n3)cc2)CC1. The molecule has 0 aliphatic heterocycles. The van der Waals surface area contributed by atoms with Gasteiger partial charge in [0, 0.05) is 11.8 Å². The highest BCUT2D eigenvalue weighted by atomic mass is 32.2. The molecule has 24 heavy (non-hydrogen) atoms. The highest BCUT2D eigenvalue weighted by molar-refractivity contribution is 7.92. The Morgan fingerprint density at radius 2 is 1.92 bits per heavy atom. The molecule has 0 radical (unpaired) electrons. The van der Waals surface area contributed by atoms with Gasteiger partial charge in [-0.3, -0.25) is 0 Å². The van der Waals surface area contributed by atoms with Crippen molar-refractivity contribution in [3.05, 3.63) is 59.9 Å². The number of rotatable bonds is 5. The lowest BCUT2D eigenvalue weighted by atomic mass is 10.1. The van der Waals surface area contributed by atoms with Crippen LogP contribution in [0.4, 0.5) is 0 Å². The minimum Gasteiger partial charge on any atom is -0.472 e. The third-order valence-electron chi connectivity index (χ3n) is 4.49. The van der Waals surface area contributed by atoms with Crippen LogP contribution in [0.15, 0.2) is 51.8 Å². The van der Waals surface area contributed by atoms with E-state index in [4.69, 9.17) is 8.94 Å². The van der Waals surface area contributed by atoms with E-state index in [0.717, 1.165) is 16.7 Å². The van der Waals surface area contributed by atoms with Gasteiger partial charge in [0.2, 0.25) is 11.7 Å². The van der Waals surface area contributed by atoms with Crippen molar-refractivity contribution in [2.45, 2.75) is 24.0 Å². The van der Waals surface area contributed by atoms with Crippen LogP contribution in [0.25, 0.3) is 11.4 Å². The lowest BCUT2D eigenvalue weighted by Crippen LogP contribution is -2.19. The number of hydrogen-bond acceptors (Lipinski definition) is 6. The van der Waals surface area contributed by atoms with Gasteiger partial charge >= 0.3 is 0 Å². The zero-order valence-corrected chi connectivity index (χ0v) is 13.9. The first-order valence-corrected chi connectivity index (χ1v) is 9.51. The van der Waals surface area contributed by atoms with Gasteiger partial charge in [0.25, 0.3) is 0 Å². The minimum atomic E-state index is -3.11. The monoisotopic (exact) mass is 344 g/mol. The van der Waals surface area contributed by atoms with Gasteiger partial charge in [-0.05, 0) is 30.0 Å². The third-order valence-corrected chi connectivity index (χ3v) is 6.55. The van der Waals surface area contributed by atoms with Crippen LogP contribution in [0, 0.1) is 0 Å². The molecule has 0 unspecified atom stereocenters. The van der Waals surface area contributed by atoms with Crippen LogP contribution in [-0.2, 0) is 21.0 Å². The van der Waals surface area contributed by atoms with E-state index in [0.29, 0.717) is 31.0 Å². The summed E-state index contributed by atoms with van der Waals surface area (Å²) in [4.78, 5) is 4.37. The number of nitrogens with zero attached hydrogens (tertiary/aromatic N) is 2. The summed E-state index contributed by atoms with van der Waals surface area (Å²) in [6.07, 6.45) is 6.41. The first kappa shape index (κ1) is 15.1. The lowest BCUT2D eigenvalue weighted by molar-refractivity contribution is 0.385. The fraction of sp³-hybridized carbons (Fsp3) is 0.294. The largest absolute Gasteiger partial charge is 0.472 e. The van der Waals surface area contributed by atoms with Gasteiger partial charge in [0.05, 0.1) is 23.7 Å². The summed E-state index contributed by atoms with van der Waals surface area (Å²) in [6.45, 7) is 0. The number of aromatic nitrogens is 2. The third kappa shape index (κ3) is 2.54. The van der Waals surface area contributed by atoms with Crippen LogP contribution in [0.5, 0.6) is 0 Å². The molecule has 1 fully saturated rings. The quantitative estimate of drug-likeness (QED) is 0.707. The van der Waals surface area contributed by atoms with Crippen LogP contribution < -0.4 is 0 Å². The fourth-order valence-electron chi connectivity index (χ4n) is 2.92. The average molecular weight is 344 g/mol. The molecule has 6 nitrogen and oxygen atoms in total. The van der Waals surface area contributed by atoms with Crippen LogP contribution in [0.1, 0.15) is 29.9 Å². The molecule has 2 heterocycles. The first-order valence-electron chi connectivity index (χ1n) is 7.62. The Hall–Kier alpha value is -2.41. The van der Waals surface area contributed by atoms with E-state index >= 15 is 0 Å². The average Bonchev–Trinajstić information content (AvgIpc) is 3.00. The second kappa shape index (κ2) is 5.31. The Bertz CT molecular complexity index is 952. The Morgan fingerprint density at radius 1 is 1.17 bits per heavy atom. The zero-order valence-electron chi connectivity index (χ0n) is 13.1. The molecule has 0 bridgehead atoms. The molecule has 1 saturated carbocycles. The highest BCUT2D eigenvalue weighted by Gasteiger charge is 2.53. The fourth-order valence-corrected chi connectivity index (χ4v) is 4.33. The highest BCUT2D eigenvalue weighted by Crippen LogP contribution is 2.52. The van der Waals surface area contributed by atoms with Crippen molar-refractivity contribution in [1.82, 2.24) is 10.1 Å². The molecule has 0 amide bonds. The minimum absolute atomic E-state index is 0.490. The zero-order chi connectivity index (χ0) is 16.8. The van der Waals surface area contributed by atoms with Gasteiger partial charge in [-0.1, -0.05) is 29.4 Å². The Labute approximate surface area is 139 Å². The molecular weight excluding hydrogens is 328 g/mol. The molecule has 0 atom stereocenters. The van der Waals surface area contributed by atoms with E-state index in [2.05, 4.69) is 10.1 Å². The summed E-state index contributed by atoms with van der Waals surface area (Å²) >= 11 is 0. The molecule has 1 aliphatic carbocycles. The predicted molar refractivity (Wildman–Crippen MR) is 87.0 cm³/mol. The van der Waals surface area contributed by atoms with Gasteiger partial charge in [-0.25, -0.2) is 8.42 Å². The molecule has 1 aliphatic rings. The summed E-state index contributed by atoms with van der Waals surface area (Å²) in [5, 5.41) is 3.99. The molecule has 0 spiro atoms. The van der Waals surface area contributed by atoms with Gasteiger partial charge in [-0.15, -0.1) is 0 Å². The van der Waals surface area contributed by atoms with Gasteiger partial charge in [0.1, 0.15) is 0 Å². The van der Waals surface area contributed by atoms with Crippen LogP contribution in [-0.4, -0.2) is 24.8 Å². The van der Waals surface area contributed by atoms with Crippen molar-refractivity contribution in [3.8, 4) is 11.4 Å². The van der Waals surface area contributed by atoms with Crippen molar-refractivity contribution in [2.75, 3.05) is 6.26 Å². The number of benzene rings is 1. The molecule has 124 valence electrons. The Balaban J connectivity index is 1.57. The maximum Gasteiger partial charge on any atom is 0.231 e. The molecule has 4 rings (SSSR count). The van der Waals surface area contributed by atoms with Crippen molar-refractivity contribution < 1.29 is 17.4 Å². The van der Waals surface area contributed by atoms with Crippen molar-refractivity contribution >= 4 is 9.84 Å². The van der Waals surface area contributed by atoms with E-state index in [1.165, 1.54) is 6.26 Å². The molecule has 2 aromatic heterocycles. The van der Waals surface area contributed by atoms with Gasteiger partial charge < -0.3 is 8.94 Å². The van der Waals surface area contributed by atoms with Crippen molar-refractivity contribution in [3.63, 3.8) is 0 Å². The molecule has 0 saturated heterocycles. The predicted octanol–water partition coefficient (Wildman–Crippen LogP) is 2.95. The number of hydrogen-bond donors (Lipinski definition) is 0. The lowest BCUT2D eigenvalue weighted by Gasteiger charge is -2.13. The summed E-state index contributed by atoms with van der Waals surface area (Å²) in [7, 11) is -3.11. The molecule has 3 aromatic rings. The smallest absolute Gasteiger partial charge is 0.231 e. The van der Waals surface area contributed by atoms with E-state index in [1.807, 2.05) is 30.3 Å². The number of furan rings is 1. The second-order valence-electron chi connectivity index (χ2n) is 6.16. The van der Waals surface area contributed by atoms with E-state index in [-0.39, 0.29) is 0 Å². The normalized spacial score (nSPS) is 16.2. The van der Waals surface area contributed by atoms with E-state index < -0.39 is 14.6 Å². The van der Waals surface area contributed by atoms with Crippen LogP contribution in [0.3, 0.4) is 0 Å². The van der Waals surface area contributed by atoms with E-state index in [1.54, 1.807) is 12.5 Å². The Kier molecular flexibility index (Phi) is 3.35. The maximum absolute atomic E-state index is 12.0. The molecular formula is C17H16N2O4S. The summed E-state index contributed by atoms with van der Waals surface area (Å²) < 4.78 is 33.5. The molecule has 1 aromatic carbocycles. The van der Waals surface area contributed by atoms with Crippen LogP contribution >= 0.6 is 0 Å². The number of sulfone groups is 1. The topological polar surface area (TPSA) is 86.2 Å². The summed E-state index contributed by atoms with van der Waals surface area (Å²) in [5.74, 6) is 0.995. The molecule has 0 N–H and O–H groups in total. The maximum atomic E-state index is 12.0. The summed E-state index contributed by atoms with van der Waals surface area (Å²) in [5.41, 5.74) is 2.59. The standard InChI is InChI=1S/C17H16N2O4S/c1-24(20,21)17(7-8-17)14-4-2-13(3-5-14)16-18-15(23-19-16)10-12-6-9-22-11-12/h2-6,9,11H,7-8,10H2,1H3. The van der Waals surface area contributed by atoms with E-state index in [9.17, 15) is 8.42 Å². The summed E-state index contributed by atoms with van der Waals surface area (Å²) in [6, 6.07) is 9.21. The van der Waals surface area contributed by atoms with Gasteiger partial charge in [0.15, 0.2) is 9.84 Å². The first-order chi connectivity index (χ1) is 11.5. The molecule has 7 heteroatoms. The van der Waals surface area contributed by atoms with Crippen molar-refractivity contribution in [1.29, 1.82) is 0 Å². The van der Waals surface area contributed by atoms with Crippen LogP contribution in [0.2, 0.25) is 0 Å². The van der Waals surface area contributed by atoms with Crippen molar-refractivity contribution in [2.24, 2.45) is 0 Å². The second-order valence-corrected chi connectivity index (χ2v) is 8.49. The Morgan fingerprint density at radius 3 is 2.50 bits per heavy atom.